The molecule has 0 spiro atoms. The minimum absolute atomic E-state index is 0.0293. The lowest BCUT2D eigenvalue weighted by atomic mass is 10.2. The van der Waals surface area contributed by atoms with E-state index in [2.05, 4.69) is 5.10 Å². The Morgan fingerprint density at radius 2 is 2.29 bits per heavy atom. The van der Waals surface area contributed by atoms with Gasteiger partial charge in [-0.05, 0) is 12.1 Å². The summed E-state index contributed by atoms with van der Waals surface area (Å²) >= 11 is 5.75. The molecule has 0 saturated carbocycles. The summed E-state index contributed by atoms with van der Waals surface area (Å²) in [4.78, 5) is 11.0. The van der Waals surface area contributed by atoms with E-state index in [1.807, 2.05) is 0 Å². The van der Waals surface area contributed by atoms with Gasteiger partial charge in [-0.25, -0.2) is 4.39 Å². The van der Waals surface area contributed by atoms with Crippen LogP contribution in [0, 0.1) is 11.2 Å². The van der Waals surface area contributed by atoms with Gasteiger partial charge < -0.3 is 5.73 Å². The summed E-state index contributed by atoms with van der Waals surface area (Å²) in [5, 5.41) is 11.5. The predicted molar refractivity (Wildman–Crippen MR) is 63.4 cm³/mol. The molecule has 0 atom stereocenters. The Kier molecular flexibility index (Phi) is 4.17. The van der Waals surface area contributed by atoms with Crippen molar-refractivity contribution in [3.63, 3.8) is 0 Å². The van der Waals surface area contributed by atoms with Crippen LogP contribution in [-0.2, 0) is 4.79 Å². The van der Waals surface area contributed by atoms with Crippen molar-refractivity contribution in [1.82, 2.24) is 5.01 Å². The van der Waals surface area contributed by atoms with Crippen molar-refractivity contribution in [3.05, 3.63) is 34.6 Å². The van der Waals surface area contributed by atoms with Gasteiger partial charge in [-0.15, -0.1) is 0 Å². The van der Waals surface area contributed by atoms with Gasteiger partial charge in [-0.1, -0.05) is 17.7 Å². The Bertz CT molecular complexity index is 455. The number of halogens is 2. The maximum atomic E-state index is 13.3. The molecule has 0 fully saturated rings. The normalized spacial score (nSPS) is 10.5. The summed E-state index contributed by atoms with van der Waals surface area (Å²) < 4.78 is 13.3. The van der Waals surface area contributed by atoms with Crippen LogP contribution in [0.2, 0.25) is 5.02 Å². The van der Waals surface area contributed by atoms with Gasteiger partial charge in [-0.2, -0.15) is 10.1 Å². The Morgan fingerprint density at radius 1 is 1.65 bits per heavy atom. The third-order valence-corrected chi connectivity index (χ3v) is 2.16. The molecule has 0 aliphatic carbocycles. The number of nitrogens with one attached hydrogen (secondary N) is 1. The fourth-order valence-corrected chi connectivity index (χ4v) is 1.27. The SMILES string of the molecule is CC(=O)N(N=Cc1c(F)cccc1Cl)C(=N)N. The molecule has 0 unspecified atom stereocenters. The first-order valence-electron chi connectivity index (χ1n) is 4.56. The highest BCUT2D eigenvalue weighted by Gasteiger charge is 2.10. The first-order valence-corrected chi connectivity index (χ1v) is 4.94. The van der Waals surface area contributed by atoms with Crippen LogP contribution in [0.4, 0.5) is 4.39 Å². The molecule has 0 aromatic heterocycles. The Morgan fingerprint density at radius 3 is 2.76 bits per heavy atom. The van der Waals surface area contributed by atoms with Gasteiger partial charge in [0.05, 0.1) is 11.2 Å². The lowest BCUT2D eigenvalue weighted by Gasteiger charge is -2.11. The molecule has 0 saturated heterocycles. The molecule has 1 rings (SSSR count). The van der Waals surface area contributed by atoms with Crippen molar-refractivity contribution in [2.45, 2.75) is 6.92 Å². The average molecular weight is 257 g/mol. The molecule has 3 N–H and O–H groups in total. The fraction of sp³-hybridized carbons (Fsp3) is 0.100. The van der Waals surface area contributed by atoms with E-state index >= 15 is 0 Å². The van der Waals surface area contributed by atoms with Crippen LogP contribution < -0.4 is 5.73 Å². The second-order valence-corrected chi connectivity index (χ2v) is 3.50. The van der Waals surface area contributed by atoms with Crippen LogP contribution in [0.15, 0.2) is 23.3 Å². The largest absolute Gasteiger partial charge is 0.368 e. The zero-order valence-corrected chi connectivity index (χ0v) is 9.70. The monoisotopic (exact) mass is 256 g/mol. The zero-order chi connectivity index (χ0) is 13.0. The molecule has 7 heteroatoms. The molecule has 0 radical (unpaired) electrons. The Balaban J connectivity index is 3.04. The van der Waals surface area contributed by atoms with Gasteiger partial charge in [0.1, 0.15) is 5.82 Å². The van der Waals surface area contributed by atoms with Crippen molar-refractivity contribution < 1.29 is 9.18 Å². The molecule has 17 heavy (non-hydrogen) atoms. The van der Waals surface area contributed by atoms with Gasteiger partial charge in [0.2, 0.25) is 11.9 Å². The quantitative estimate of drug-likeness (QED) is 0.478. The van der Waals surface area contributed by atoms with Gasteiger partial charge in [0.25, 0.3) is 0 Å². The molecule has 0 bridgehead atoms. The maximum Gasteiger partial charge on any atom is 0.246 e. The molecule has 1 amide bonds. The first kappa shape index (κ1) is 13.1. The number of hydrazone groups is 1. The molecule has 0 aliphatic heterocycles. The number of nitrogens with zero attached hydrogens (tertiary/aromatic N) is 2. The van der Waals surface area contributed by atoms with Crippen LogP contribution in [0.25, 0.3) is 0 Å². The van der Waals surface area contributed by atoms with Gasteiger partial charge in [-0.3, -0.25) is 10.2 Å². The zero-order valence-electron chi connectivity index (χ0n) is 8.95. The topological polar surface area (TPSA) is 82.5 Å². The van der Waals surface area contributed by atoms with Gasteiger partial charge in [0.15, 0.2) is 0 Å². The van der Waals surface area contributed by atoms with E-state index in [1.54, 1.807) is 0 Å². The van der Waals surface area contributed by atoms with Crippen LogP contribution in [0.5, 0.6) is 0 Å². The van der Waals surface area contributed by atoms with Crippen molar-refractivity contribution in [2.75, 3.05) is 0 Å². The average Bonchev–Trinajstić information content (AvgIpc) is 2.21. The van der Waals surface area contributed by atoms with E-state index < -0.39 is 17.7 Å². The fourth-order valence-electron chi connectivity index (χ4n) is 1.06. The molecule has 0 heterocycles. The van der Waals surface area contributed by atoms with E-state index in [9.17, 15) is 9.18 Å². The molecule has 5 nitrogen and oxygen atoms in total. The second kappa shape index (κ2) is 5.40. The second-order valence-electron chi connectivity index (χ2n) is 3.10. The lowest BCUT2D eigenvalue weighted by Crippen LogP contribution is -2.35. The number of rotatable bonds is 2. The van der Waals surface area contributed by atoms with E-state index in [1.165, 1.54) is 25.1 Å². The van der Waals surface area contributed by atoms with E-state index in [-0.39, 0.29) is 10.6 Å². The molecule has 0 aliphatic rings. The van der Waals surface area contributed by atoms with Gasteiger partial charge in [0, 0.05) is 12.5 Å². The number of guanidine groups is 1. The number of carbonyl (C=O) groups excluding carboxylic acids is 1. The smallest absolute Gasteiger partial charge is 0.246 e. The molecule has 90 valence electrons. The number of hydrogen-bond acceptors (Lipinski definition) is 3. The van der Waals surface area contributed by atoms with E-state index in [0.29, 0.717) is 5.01 Å². The van der Waals surface area contributed by atoms with Crippen LogP contribution in [-0.4, -0.2) is 23.1 Å². The summed E-state index contributed by atoms with van der Waals surface area (Å²) in [5.74, 6) is -1.68. The van der Waals surface area contributed by atoms with Crippen molar-refractivity contribution in [2.24, 2.45) is 10.8 Å². The lowest BCUT2D eigenvalue weighted by molar-refractivity contribution is -0.125. The summed E-state index contributed by atoms with van der Waals surface area (Å²) in [6, 6.07) is 4.14. The van der Waals surface area contributed by atoms with Gasteiger partial charge >= 0.3 is 0 Å². The van der Waals surface area contributed by atoms with E-state index in [0.717, 1.165) is 6.21 Å². The maximum absolute atomic E-state index is 13.3. The standard InChI is InChI=1S/C10H10ClFN4O/c1-6(17)16(10(13)14)15-5-7-8(11)3-2-4-9(7)12/h2-5H,1H3,(H3,13,14). The summed E-state index contributed by atoms with van der Waals surface area (Å²) in [7, 11) is 0. The van der Waals surface area contributed by atoms with E-state index in [4.69, 9.17) is 22.7 Å². The Labute approximate surface area is 102 Å². The minimum atomic E-state index is -0.576. The van der Waals surface area contributed by atoms with Crippen LogP contribution in [0.1, 0.15) is 12.5 Å². The van der Waals surface area contributed by atoms with Crippen molar-refractivity contribution in [1.29, 1.82) is 5.41 Å². The number of hydrogen-bond donors (Lipinski definition) is 2. The molecular weight excluding hydrogens is 247 g/mol. The minimum Gasteiger partial charge on any atom is -0.368 e. The summed E-state index contributed by atoms with van der Waals surface area (Å²) in [6.45, 7) is 1.18. The number of benzene rings is 1. The van der Waals surface area contributed by atoms with Crippen molar-refractivity contribution in [3.8, 4) is 0 Å². The highest BCUT2D eigenvalue weighted by atomic mass is 35.5. The van der Waals surface area contributed by atoms with Crippen LogP contribution in [0.3, 0.4) is 0 Å². The first-order chi connectivity index (χ1) is 7.93. The molecule has 1 aromatic carbocycles. The third kappa shape index (κ3) is 3.25. The predicted octanol–water partition coefficient (Wildman–Crippen LogP) is 1.55. The molecule has 1 aromatic rings. The van der Waals surface area contributed by atoms with Crippen LogP contribution >= 0.6 is 11.6 Å². The summed E-state index contributed by atoms with van der Waals surface area (Å²) in [6.07, 6.45) is 1.04. The highest BCUT2D eigenvalue weighted by Crippen LogP contribution is 2.16. The Hall–Kier alpha value is -1.95. The highest BCUT2D eigenvalue weighted by molar-refractivity contribution is 6.33. The molecular formula is C10H10ClFN4O. The number of nitrogens with two attached hydrogens (primary N) is 1. The number of amides is 1. The van der Waals surface area contributed by atoms with Crippen molar-refractivity contribution >= 4 is 29.7 Å². The number of carbonyl (C=O) groups is 1. The third-order valence-electron chi connectivity index (χ3n) is 1.83. The summed E-state index contributed by atoms with van der Waals surface area (Å²) in [5.41, 5.74) is 5.16.